The molecular weight excluding hydrogens is 441 g/mol. The van der Waals surface area contributed by atoms with Gasteiger partial charge in [0.25, 0.3) is 5.91 Å². The molecule has 4 rings (SSSR count). The number of hydrogen-bond donors (Lipinski definition) is 0. The molecule has 1 aromatic carbocycles. The Morgan fingerprint density at radius 2 is 1.65 bits per heavy atom. The van der Waals surface area contributed by atoms with Crippen molar-refractivity contribution < 1.29 is 27.6 Å². The van der Waals surface area contributed by atoms with Gasteiger partial charge in [-0.2, -0.15) is 0 Å². The Bertz CT molecular complexity index is 1030. The van der Waals surface area contributed by atoms with E-state index in [0.717, 1.165) is 18.7 Å². The highest BCUT2D eigenvalue weighted by molar-refractivity contribution is 5.94. The highest BCUT2D eigenvalue weighted by atomic mass is 19.1. The third kappa shape index (κ3) is 6.55. The van der Waals surface area contributed by atoms with Gasteiger partial charge < -0.3 is 23.4 Å². The highest BCUT2D eigenvalue weighted by Gasteiger charge is 2.25. The summed E-state index contributed by atoms with van der Waals surface area (Å²) in [5.74, 6) is -0.126. The van der Waals surface area contributed by atoms with Crippen molar-refractivity contribution in [3.63, 3.8) is 0 Å². The number of furan rings is 2. The number of hydrogen-bond acceptors (Lipinski definition) is 6. The van der Waals surface area contributed by atoms with Crippen LogP contribution in [0.1, 0.15) is 21.9 Å². The Morgan fingerprint density at radius 1 is 0.912 bits per heavy atom. The second-order valence-electron chi connectivity index (χ2n) is 8.11. The van der Waals surface area contributed by atoms with E-state index in [-0.39, 0.29) is 43.0 Å². The van der Waals surface area contributed by atoms with Crippen LogP contribution in [0.5, 0.6) is 0 Å². The van der Waals surface area contributed by atoms with Crippen LogP contribution in [0.4, 0.5) is 4.39 Å². The second-order valence-corrected chi connectivity index (χ2v) is 8.11. The van der Waals surface area contributed by atoms with E-state index in [1.165, 1.54) is 23.3 Å². The molecule has 1 aliphatic heterocycles. The van der Waals surface area contributed by atoms with Gasteiger partial charge in [-0.25, -0.2) is 4.39 Å². The summed E-state index contributed by atoms with van der Waals surface area (Å²) in [5.41, 5.74) is 0.776. The van der Waals surface area contributed by atoms with Gasteiger partial charge in [-0.1, -0.05) is 12.1 Å². The predicted molar refractivity (Wildman–Crippen MR) is 121 cm³/mol. The lowest BCUT2D eigenvalue weighted by Crippen LogP contribution is -2.47. The molecule has 2 aromatic heterocycles. The second kappa shape index (κ2) is 11.6. The molecule has 0 unspecified atom stereocenters. The van der Waals surface area contributed by atoms with Gasteiger partial charge >= 0.3 is 0 Å². The van der Waals surface area contributed by atoms with E-state index in [2.05, 4.69) is 4.90 Å². The molecule has 180 valence electrons. The Kier molecular flexibility index (Phi) is 8.11. The SMILES string of the molecule is O=C(CN(CCN1CCOCC1)C(=O)c1ccco1)N(Cc1ccc(F)cc1)Cc1ccco1. The predicted octanol–water partition coefficient (Wildman–Crippen LogP) is 3.02. The summed E-state index contributed by atoms with van der Waals surface area (Å²) in [6.07, 6.45) is 2.98. The van der Waals surface area contributed by atoms with E-state index in [4.69, 9.17) is 13.6 Å². The van der Waals surface area contributed by atoms with Gasteiger partial charge in [0.15, 0.2) is 5.76 Å². The standard InChI is InChI=1S/C25H28FN3O5/c26-21-7-5-20(6-8-21)17-29(18-22-3-1-13-33-22)24(30)19-28(25(31)23-4-2-14-34-23)10-9-27-11-15-32-16-12-27/h1-8,13-14H,9-12,15-19H2. The molecule has 3 heterocycles. The number of rotatable bonds is 10. The maximum absolute atomic E-state index is 13.4. The maximum atomic E-state index is 13.4. The molecular formula is C25H28FN3O5. The quantitative estimate of drug-likeness (QED) is 0.454. The molecule has 0 atom stereocenters. The summed E-state index contributed by atoms with van der Waals surface area (Å²) in [5, 5.41) is 0. The van der Waals surface area contributed by atoms with Crippen molar-refractivity contribution in [2.75, 3.05) is 45.9 Å². The number of nitrogens with zero attached hydrogens (tertiary/aromatic N) is 3. The summed E-state index contributed by atoms with van der Waals surface area (Å²) in [4.78, 5) is 31.9. The Morgan fingerprint density at radius 3 is 2.32 bits per heavy atom. The number of morpholine rings is 1. The number of halogens is 1. The van der Waals surface area contributed by atoms with Crippen LogP contribution >= 0.6 is 0 Å². The normalized spacial score (nSPS) is 14.1. The van der Waals surface area contributed by atoms with Crippen LogP contribution in [0, 0.1) is 5.82 Å². The van der Waals surface area contributed by atoms with E-state index >= 15 is 0 Å². The summed E-state index contributed by atoms with van der Waals surface area (Å²) in [7, 11) is 0. The lowest BCUT2D eigenvalue weighted by Gasteiger charge is -2.31. The molecule has 0 saturated carbocycles. The first-order chi connectivity index (χ1) is 16.6. The number of ether oxygens (including phenoxy) is 1. The van der Waals surface area contributed by atoms with Gasteiger partial charge in [-0.05, 0) is 42.0 Å². The van der Waals surface area contributed by atoms with Crippen LogP contribution in [-0.4, -0.2) is 72.5 Å². The maximum Gasteiger partial charge on any atom is 0.290 e. The van der Waals surface area contributed by atoms with E-state index in [1.54, 1.807) is 47.6 Å². The van der Waals surface area contributed by atoms with Crippen molar-refractivity contribution in [2.45, 2.75) is 13.1 Å². The molecule has 1 saturated heterocycles. The summed E-state index contributed by atoms with van der Waals surface area (Å²) in [6, 6.07) is 12.8. The number of amides is 2. The summed E-state index contributed by atoms with van der Waals surface area (Å²) >= 11 is 0. The van der Waals surface area contributed by atoms with Gasteiger partial charge in [-0.3, -0.25) is 14.5 Å². The molecule has 1 aliphatic rings. The summed E-state index contributed by atoms with van der Waals surface area (Å²) in [6.45, 7) is 4.24. The van der Waals surface area contributed by atoms with E-state index in [0.29, 0.717) is 32.1 Å². The van der Waals surface area contributed by atoms with Crippen molar-refractivity contribution in [3.8, 4) is 0 Å². The highest BCUT2D eigenvalue weighted by Crippen LogP contribution is 2.14. The molecule has 0 spiro atoms. The van der Waals surface area contributed by atoms with Crippen LogP contribution < -0.4 is 0 Å². The minimum atomic E-state index is -0.342. The molecule has 0 N–H and O–H groups in total. The van der Waals surface area contributed by atoms with Crippen LogP contribution in [0.25, 0.3) is 0 Å². The van der Waals surface area contributed by atoms with Crippen LogP contribution in [-0.2, 0) is 22.6 Å². The fourth-order valence-corrected chi connectivity index (χ4v) is 3.79. The molecule has 9 heteroatoms. The van der Waals surface area contributed by atoms with E-state index in [9.17, 15) is 14.0 Å². The minimum absolute atomic E-state index is 0.119. The fraction of sp³-hybridized carbons (Fsp3) is 0.360. The van der Waals surface area contributed by atoms with E-state index < -0.39 is 0 Å². The molecule has 8 nitrogen and oxygen atoms in total. The minimum Gasteiger partial charge on any atom is -0.467 e. The Balaban J connectivity index is 1.48. The van der Waals surface area contributed by atoms with Gasteiger partial charge in [0.2, 0.25) is 5.91 Å². The number of carbonyl (C=O) groups is 2. The van der Waals surface area contributed by atoms with Crippen LogP contribution in [0.15, 0.2) is 69.9 Å². The fourth-order valence-electron chi connectivity index (χ4n) is 3.79. The first-order valence-corrected chi connectivity index (χ1v) is 11.3. The molecule has 0 radical (unpaired) electrons. The van der Waals surface area contributed by atoms with Gasteiger partial charge in [0, 0.05) is 32.7 Å². The zero-order valence-corrected chi connectivity index (χ0v) is 18.9. The molecule has 0 bridgehead atoms. The largest absolute Gasteiger partial charge is 0.467 e. The molecule has 1 fully saturated rings. The average Bonchev–Trinajstić information content (AvgIpc) is 3.57. The first-order valence-electron chi connectivity index (χ1n) is 11.3. The zero-order valence-electron chi connectivity index (χ0n) is 18.9. The molecule has 34 heavy (non-hydrogen) atoms. The van der Waals surface area contributed by atoms with Crippen molar-refractivity contribution in [1.29, 1.82) is 0 Å². The van der Waals surface area contributed by atoms with Crippen LogP contribution in [0.2, 0.25) is 0 Å². The van der Waals surface area contributed by atoms with Gasteiger partial charge in [0.05, 0.1) is 32.3 Å². The Labute approximate surface area is 197 Å². The smallest absolute Gasteiger partial charge is 0.290 e. The van der Waals surface area contributed by atoms with Crippen LogP contribution in [0.3, 0.4) is 0 Å². The average molecular weight is 470 g/mol. The first kappa shape index (κ1) is 23.7. The lowest BCUT2D eigenvalue weighted by molar-refractivity contribution is -0.133. The topological polar surface area (TPSA) is 79.4 Å². The molecule has 2 amide bonds. The lowest BCUT2D eigenvalue weighted by atomic mass is 10.2. The van der Waals surface area contributed by atoms with Crippen molar-refractivity contribution in [2.24, 2.45) is 0 Å². The zero-order chi connectivity index (χ0) is 23.8. The van der Waals surface area contributed by atoms with Gasteiger partial charge in [0.1, 0.15) is 18.1 Å². The van der Waals surface area contributed by atoms with Crippen molar-refractivity contribution in [3.05, 3.63) is 84.0 Å². The molecule has 0 aliphatic carbocycles. The number of benzene rings is 1. The third-order valence-corrected chi connectivity index (χ3v) is 5.70. The Hall–Kier alpha value is -3.43. The van der Waals surface area contributed by atoms with Crippen molar-refractivity contribution >= 4 is 11.8 Å². The van der Waals surface area contributed by atoms with Crippen molar-refractivity contribution in [1.82, 2.24) is 14.7 Å². The third-order valence-electron chi connectivity index (χ3n) is 5.70. The van der Waals surface area contributed by atoms with Gasteiger partial charge in [-0.15, -0.1) is 0 Å². The molecule has 3 aromatic rings. The van der Waals surface area contributed by atoms with E-state index in [1.807, 2.05) is 0 Å². The summed E-state index contributed by atoms with van der Waals surface area (Å²) < 4.78 is 29.5. The number of carbonyl (C=O) groups excluding carboxylic acids is 2. The monoisotopic (exact) mass is 469 g/mol.